The second-order valence-corrected chi connectivity index (χ2v) is 9.85. The summed E-state index contributed by atoms with van der Waals surface area (Å²) in [6.45, 7) is 4.04. The minimum absolute atomic E-state index is 0.0256. The third kappa shape index (κ3) is 2.48. The smallest absolute Gasteiger partial charge is 0.178 e. The molecular formula is C25H29FO3. The third-order valence-corrected chi connectivity index (χ3v) is 8.57. The number of aliphatic hydroxyl groups excluding tert-OH is 1. The Morgan fingerprint density at radius 1 is 1.10 bits per heavy atom. The molecule has 0 radical (unpaired) electrons. The first-order chi connectivity index (χ1) is 13.8. The second-order valence-electron chi connectivity index (χ2n) is 9.85. The zero-order chi connectivity index (χ0) is 20.4. The highest BCUT2D eigenvalue weighted by Gasteiger charge is 2.70. The number of aliphatic hydroxyl groups is 1. The van der Waals surface area contributed by atoms with E-state index in [-0.39, 0.29) is 29.1 Å². The predicted octanol–water partition coefficient (Wildman–Crippen LogP) is 4.80. The lowest BCUT2D eigenvalue weighted by Gasteiger charge is -2.61. The Morgan fingerprint density at radius 2 is 1.86 bits per heavy atom. The van der Waals surface area contributed by atoms with E-state index in [1.807, 2.05) is 37.3 Å². The first kappa shape index (κ1) is 19.0. The van der Waals surface area contributed by atoms with E-state index in [0.29, 0.717) is 19.3 Å². The standard InChI is InChI=1S/C25H29FO3/c1-23-15-21(28)25(26)20(9-8-16-14-17(27)12-13-24(16,25)2)19(23)10-11-22(23)29-18-6-4-3-5-7-18/h3-7,12-14,19-22,28H,8-11,15H2,1-2H3/t19-,20-,21-,22+,23-,24-,25?/m0/s1. The Labute approximate surface area is 171 Å². The average Bonchev–Trinajstić information content (AvgIpc) is 3.00. The van der Waals surface area contributed by atoms with Gasteiger partial charge < -0.3 is 9.84 Å². The molecule has 0 aromatic heterocycles. The molecule has 0 saturated heterocycles. The fourth-order valence-corrected chi connectivity index (χ4v) is 7.02. The fourth-order valence-electron chi connectivity index (χ4n) is 7.02. The molecule has 4 aliphatic rings. The molecule has 5 rings (SSSR count). The van der Waals surface area contributed by atoms with Gasteiger partial charge in [-0.3, -0.25) is 4.79 Å². The highest BCUT2D eigenvalue weighted by molar-refractivity contribution is 6.01. The van der Waals surface area contributed by atoms with Crippen molar-refractivity contribution in [1.82, 2.24) is 0 Å². The number of hydrogen-bond donors (Lipinski definition) is 1. The number of fused-ring (bicyclic) bond motifs is 5. The van der Waals surface area contributed by atoms with E-state index < -0.39 is 17.2 Å². The molecule has 1 aromatic carbocycles. The topological polar surface area (TPSA) is 46.5 Å². The summed E-state index contributed by atoms with van der Waals surface area (Å²) in [6.07, 6.45) is 7.24. The van der Waals surface area contributed by atoms with E-state index in [1.54, 1.807) is 12.2 Å². The molecule has 3 nitrogen and oxygen atoms in total. The van der Waals surface area contributed by atoms with E-state index in [2.05, 4.69) is 6.92 Å². The number of ketones is 1. The molecule has 154 valence electrons. The minimum Gasteiger partial charge on any atom is -0.490 e. The van der Waals surface area contributed by atoms with Gasteiger partial charge in [0.05, 0.1) is 6.10 Å². The van der Waals surface area contributed by atoms with E-state index in [0.717, 1.165) is 24.2 Å². The van der Waals surface area contributed by atoms with Gasteiger partial charge in [-0.05, 0) is 69.2 Å². The lowest BCUT2D eigenvalue weighted by molar-refractivity contribution is -0.198. The molecule has 0 amide bonds. The normalized spacial score (nSPS) is 45.8. The van der Waals surface area contributed by atoms with Gasteiger partial charge in [-0.2, -0.15) is 0 Å². The summed E-state index contributed by atoms with van der Waals surface area (Å²) in [6, 6.07) is 9.79. The number of rotatable bonds is 2. The molecule has 0 spiro atoms. The lowest BCUT2D eigenvalue weighted by Crippen LogP contribution is -2.67. The van der Waals surface area contributed by atoms with Crippen LogP contribution in [0.3, 0.4) is 0 Å². The molecule has 4 heteroatoms. The maximum atomic E-state index is 16.9. The second kappa shape index (κ2) is 6.28. The Kier molecular flexibility index (Phi) is 4.12. The number of benzene rings is 1. The summed E-state index contributed by atoms with van der Waals surface area (Å²) >= 11 is 0. The number of para-hydroxylation sites is 1. The first-order valence-electron chi connectivity index (χ1n) is 10.8. The summed E-state index contributed by atoms with van der Waals surface area (Å²) in [7, 11) is 0. The van der Waals surface area contributed by atoms with Gasteiger partial charge in [0.2, 0.25) is 0 Å². The summed E-state index contributed by atoms with van der Waals surface area (Å²) in [5, 5.41) is 11.3. The molecule has 0 heterocycles. The first-order valence-corrected chi connectivity index (χ1v) is 10.8. The van der Waals surface area contributed by atoms with Gasteiger partial charge in [-0.25, -0.2) is 4.39 Å². The van der Waals surface area contributed by atoms with Crippen molar-refractivity contribution in [2.24, 2.45) is 22.7 Å². The van der Waals surface area contributed by atoms with Crippen LogP contribution in [0.5, 0.6) is 5.75 Å². The van der Waals surface area contributed by atoms with Gasteiger partial charge in [-0.1, -0.05) is 36.8 Å². The molecule has 1 aromatic rings. The quantitative estimate of drug-likeness (QED) is 0.781. The van der Waals surface area contributed by atoms with Crippen LogP contribution in [0, 0.1) is 22.7 Å². The number of halogens is 1. The van der Waals surface area contributed by atoms with Crippen LogP contribution in [0.25, 0.3) is 0 Å². The molecule has 1 N–H and O–H groups in total. The van der Waals surface area contributed by atoms with E-state index in [4.69, 9.17) is 4.74 Å². The summed E-state index contributed by atoms with van der Waals surface area (Å²) in [5.41, 5.74) is -2.09. The minimum atomic E-state index is -1.75. The van der Waals surface area contributed by atoms with Gasteiger partial charge in [0, 0.05) is 16.7 Å². The molecule has 3 fully saturated rings. The molecule has 4 aliphatic carbocycles. The van der Waals surface area contributed by atoms with Crippen LogP contribution in [-0.4, -0.2) is 28.8 Å². The van der Waals surface area contributed by atoms with Gasteiger partial charge in [0.1, 0.15) is 11.9 Å². The summed E-state index contributed by atoms with van der Waals surface area (Å²) in [4.78, 5) is 11.9. The van der Waals surface area contributed by atoms with Crippen molar-refractivity contribution >= 4 is 5.78 Å². The molecule has 3 saturated carbocycles. The van der Waals surface area contributed by atoms with Crippen molar-refractivity contribution in [3.05, 3.63) is 54.1 Å². The van der Waals surface area contributed by atoms with Crippen LogP contribution >= 0.6 is 0 Å². The SMILES string of the molecule is C[C@]12C[C@H](O)C3(F)[C@@H](CCC4=CC(=O)C=C[C@@]43C)[C@@H]1CC[C@H]2Oc1ccccc1. The van der Waals surface area contributed by atoms with Crippen LogP contribution < -0.4 is 4.74 Å². The number of ether oxygens (including phenoxy) is 1. The number of allylic oxidation sites excluding steroid dienone is 4. The van der Waals surface area contributed by atoms with Crippen LogP contribution in [0.4, 0.5) is 4.39 Å². The average molecular weight is 397 g/mol. The highest BCUT2D eigenvalue weighted by Crippen LogP contribution is 2.67. The van der Waals surface area contributed by atoms with Gasteiger partial charge in [0.25, 0.3) is 0 Å². The van der Waals surface area contributed by atoms with Crippen molar-refractivity contribution in [2.75, 3.05) is 0 Å². The fraction of sp³-hybridized carbons (Fsp3) is 0.560. The summed E-state index contributed by atoms with van der Waals surface area (Å²) in [5.74, 6) is 0.682. The maximum Gasteiger partial charge on any atom is 0.178 e. The maximum absolute atomic E-state index is 16.9. The van der Waals surface area contributed by atoms with Gasteiger partial charge >= 0.3 is 0 Å². The monoisotopic (exact) mass is 396 g/mol. The van der Waals surface area contributed by atoms with Gasteiger partial charge in [-0.15, -0.1) is 0 Å². The van der Waals surface area contributed by atoms with Gasteiger partial charge in [0.15, 0.2) is 11.5 Å². The molecule has 0 bridgehead atoms. The zero-order valence-electron chi connectivity index (χ0n) is 17.1. The Morgan fingerprint density at radius 3 is 2.62 bits per heavy atom. The zero-order valence-corrected chi connectivity index (χ0v) is 17.1. The van der Waals surface area contributed by atoms with Crippen molar-refractivity contribution in [2.45, 2.75) is 63.8 Å². The summed E-state index contributed by atoms with van der Waals surface area (Å²) < 4.78 is 23.3. The largest absolute Gasteiger partial charge is 0.490 e. The number of hydrogen-bond acceptors (Lipinski definition) is 3. The van der Waals surface area contributed by atoms with E-state index in [9.17, 15) is 9.90 Å². The molecule has 29 heavy (non-hydrogen) atoms. The van der Waals surface area contributed by atoms with Crippen molar-refractivity contribution < 1.29 is 19.0 Å². The van der Waals surface area contributed by atoms with E-state index in [1.165, 1.54) is 6.08 Å². The Bertz CT molecular complexity index is 893. The molecule has 7 atom stereocenters. The number of alkyl halides is 1. The Balaban J connectivity index is 1.50. The van der Waals surface area contributed by atoms with Crippen molar-refractivity contribution in [3.8, 4) is 5.75 Å². The van der Waals surface area contributed by atoms with Crippen molar-refractivity contribution in [3.63, 3.8) is 0 Å². The molecule has 1 unspecified atom stereocenters. The molecule has 0 aliphatic heterocycles. The number of carbonyl (C=O) groups excluding carboxylic acids is 1. The van der Waals surface area contributed by atoms with Crippen LogP contribution in [0.1, 0.15) is 46.0 Å². The van der Waals surface area contributed by atoms with Crippen molar-refractivity contribution in [1.29, 1.82) is 0 Å². The lowest BCUT2D eigenvalue weighted by atomic mass is 9.46. The van der Waals surface area contributed by atoms with E-state index >= 15 is 4.39 Å². The van der Waals surface area contributed by atoms with Crippen LogP contribution in [-0.2, 0) is 4.79 Å². The molecular weight excluding hydrogens is 367 g/mol. The van der Waals surface area contributed by atoms with Crippen LogP contribution in [0.15, 0.2) is 54.1 Å². The predicted molar refractivity (Wildman–Crippen MR) is 109 cm³/mol. The highest BCUT2D eigenvalue weighted by atomic mass is 19.1. The Hall–Kier alpha value is -1.94. The number of carbonyl (C=O) groups is 1. The van der Waals surface area contributed by atoms with Crippen LogP contribution in [0.2, 0.25) is 0 Å². The third-order valence-electron chi connectivity index (χ3n) is 8.57.